The van der Waals surface area contributed by atoms with E-state index in [1.165, 1.54) is 0 Å². The standard InChI is InChI=1S/C19H23Cl2N3O5/c1-23(10-12-29-24(26)27)9-11-28-18(25)13-14-5-2-3-8-17(14)22-19-15(20)6-4-7-16(19)21/h2-8,22,26-27H,9-13H2,1H3. The number of likely N-dealkylation sites (N-methyl/N-ethyl adjacent to an activating group) is 1. The molecule has 29 heavy (non-hydrogen) atoms. The Balaban J connectivity index is 1.86. The maximum atomic E-state index is 12.2. The first-order valence-electron chi connectivity index (χ1n) is 8.80. The first-order valence-corrected chi connectivity index (χ1v) is 9.56. The molecule has 0 aliphatic rings. The quantitative estimate of drug-likeness (QED) is 0.356. The summed E-state index contributed by atoms with van der Waals surface area (Å²) in [5, 5.41) is 20.7. The van der Waals surface area contributed by atoms with E-state index in [2.05, 4.69) is 10.2 Å². The van der Waals surface area contributed by atoms with Crippen molar-refractivity contribution in [2.75, 3.05) is 38.7 Å². The van der Waals surface area contributed by atoms with Crippen LogP contribution in [0.2, 0.25) is 10.0 Å². The molecule has 0 spiro atoms. The van der Waals surface area contributed by atoms with Crippen molar-refractivity contribution >= 4 is 40.5 Å². The van der Waals surface area contributed by atoms with E-state index < -0.39 is 0 Å². The lowest BCUT2D eigenvalue weighted by atomic mass is 10.1. The second-order valence-corrected chi connectivity index (χ2v) is 6.98. The minimum atomic E-state index is -0.369. The topological polar surface area (TPSA) is 94.5 Å². The minimum absolute atomic E-state index is 0.0844. The van der Waals surface area contributed by atoms with Crippen LogP contribution in [0.1, 0.15) is 5.56 Å². The van der Waals surface area contributed by atoms with E-state index in [-0.39, 0.29) is 31.0 Å². The van der Waals surface area contributed by atoms with Gasteiger partial charge in [0.1, 0.15) is 6.61 Å². The molecule has 0 radical (unpaired) electrons. The third-order valence-corrected chi connectivity index (χ3v) is 4.62. The Labute approximate surface area is 179 Å². The molecule has 3 N–H and O–H groups in total. The highest BCUT2D eigenvalue weighted by Crippen LogP contribution is 2.33. The van der Waals surface area contributed by atoms with Gasteiger partial charge >= 0.3 is 5.97 Å². The van der Waals surface area contributed by atoms with Crippen LogP contribution in [0.25, 0.3) is 0 Å². The van der Waals surface area contributed by atoms with Crippen LogP contribution in [0.5, 0.6) is 0 Å². The van der Waals surface area contributed by atoms with Gasteiger partial charge in [-0.3, -0.25) is 15.2 Å². The van der Waals surface area contributed by atoms with Gasteiger partial charge in [-0.1, -0.05) is 47.5 Å². The number of rotatable bonds is 11. The number of carbonyl (C=O) groups excluding carboxylic acids is 1. The van der Waals surface area contributed by atoms with Crippen molar-refractivity contribution in [3.05, 3.63) is 58.1 Å². The molecule has 0 unspecified atom stereocenters. The lowest BCUT2D eigenvalue weighted by Gasteiger charge is -2.17. The summed E-state index contributed by atoms with van der Waals surface area (Å²) in [6, 6.07) is 12.6. The normalized spacial score (nSPS) is 11.1. The molecular weight excluding hydrogens is 421 g/mol. The summed E-state index contributed by atoms with van der Waals surface area (Å²) in [6.45, 7) is 1.19. The van der Waals surface area contributed by atoms with Crippen molar-refractivity contribution in [3.63, 3.8) is 0 Å². The van der Waals surface area contributed by atoms with Gasteiger partial charge in [0.15, 0.2) is 0 Å². The van der Waals surface area contributed by atoms with E-state index >= 15 is 0 Å². The number of esters is 1. The molecule has 2 aromatic rings. The lowest BCUT2D eigenvalue weighted by molar-refractivity contribution is -0.492. The van der Waals surface area contributed by atoms with Crippen LogP contribution in [0.3, 0.4) is 0 Å². The zero-order valence-electron chi connectivity index (χ0n) is 15.8. The van der Waals surface area contributed by atoms with E-state index in [1.54, 1.807) is 25.2 Å². The average molecular weight is 444 g/mol. The predicted octanol–water partition coefficient (Wildman–Crippen LogP) is 3.77. The molecule has 2 rings (SSSR count). The first-order chi connectivity index (χ1) is 13.9. The minimum Gasteiger partial charge on any atom is -0.464 e. The maximum Gasteiger partial charge on any atom is 0.310 e. The fraction of sp³-hybridized carbons (Fsp3) is 0.316. The van der Waals surface area contributed by atoms with Gasteiger partial charge in [-0.15, -0.1) is 0 Å². The largest absolute Gasteiger partial charge is 0.464 e. The van der Waals surface area contributed by atoms with Crippen LogP contribution in [0.4, 0.5) is 11.4 Å². The molecule has 0 aromatic heterocycles. The van der Waals surface area contributed by atoms with Gasteiger partial charge in [-0.05, 0) is 30.8 Å². The Morgan fingerprint density at radius 3 is 2.38 bits per heavy atom. The Morgan fingerprint density at radius 1 is 1.03 bits per heavy atom. The summed E-state index contributed by atoms with van der Waals surface area (Å²) >= 11 is 12.4. The number of para-hydroxylation sites is 2. The van der Waals surface area contributed by atoms with Gasteiger partial charge in [-0.25, -0.2) is 4.84 Å². The summed E-state index contributed by atoms with van der Waals surface area (Å²) in [5.74, 6) is -0.369. The molecule has 0 aliphatic carbocycles. The third-order valence-electron chi connectivity index (χ3n) is 3.99. The molecule has 0 fully saturated rings. The molecule has 0 saturated heterocycles. The highest BCUT2D eigenvalue weighted by molar-refractivity contribution is 6.39. The summed E-state index contributed by atoms with van der Waals surface area (Å²) in [6.07, 6.45) is 0.0854. The van der Waals surface area contributed by atoms with Gasteiger partial charge in [0, 0.05) is 18.8 Å². The molecule has 8 nitrogen and oxygen atoms in total. The smallest absolute Gasteiger partial charge is 0.310 e. The summed E-state index contributed by atoms with van der Waals surface area (Å²) in [5.41, 5.74) is 2.04. The summed E-state index contributed by atoms with van der Waals surface area (Å²) < 4.78 is 5.29. The van der Waals surface area contributed by atoms with Gasteiger partial charge < -0.3 is 15.0 Å². The van der Waals surface area contributed by atoms with E-state index in [4.69, 9.17) is 38.4 Å². The molecule has 0 amide bonds. The second kappa shape index (κ2) is 11.9. The number of nitrogens with zero attached hydrogens (tertiary/aromatic N) is 2. The van der Waals surface area contributed by atoms with Gasteiger partial charge in [-0.2, -0.15) is 0 Å². The number of ether oxygens (including phenoxy) is 1. The van der Waals surface area contributed by atoms with E-state index in [9.17, 15) is 4.79 Å². The van der Waals surface area contributed by atoms with Gasteiger partial charge in [0.25, 0.3) is 0 Å². The SMILES string of the molecule is CN(CCOC(=O)Cc1ccccc1Nc1c(Cl)cccc1Cl)CCON(O)O. The molecule has 0 heterocycles. The summed E-state index contributed by atoms with van der Waals surface area (Å²) in [7, 11) is 1.79. The number of benzene rings is 2. The number of carbonyl (C=O) groups is 1. The molecule has 10 heteroatoms. The molecule has 0 bridgehead atoms. The van der Waals surface area contributed by atoms with E-state index in [0.29, 0.717) is 34.5 Å². The van der Waals surface area contributed by atoms with Crippen molar-refractivity contribution in [3.8, 4) is 0 Å². The zero-order chi connectivity index (χ0) is 21.2. The van der Waals surface area contributed by atoms with Crippen LogP contribution in [-0.4, -0.2) is 60.0 Å². The Bertz CT molecular complexity index is 787. The molecular formula is C19H23Cl2N3O5. The van der Waals surface area contributed by atoms with Crippen LogP contribution < -0.4 is 5.32 Å². The Hall–Kier alpha value is -1.91. The molecule has 0 aliphatic heterocycles. The average Bonchev–Trinajstić information content (AvgIpc) is 2.66. The number of nitrogens with one attached hydrogen (secondary N) is 1. The van der Waals surface area contributed by atoms with Crippen LogP contribution in [0, 0.1) is 0 Å². The van der Waals surface area contributed by atoms with E-state index in [1.807, 2.05) is 29.2 Å². The van der Waals surface area contributed by atoms with Gasteiger partial charge in [0.05, 0.1) is 34.2 Å². The van der Waals surface area contributed by atoms with Crippen LogP contribution >= 0.6 is 23.2 Å². The van der Waals surface area contributed by atoms with E-state index in [0.717, 1.165) is 5.56 Å². The first kappa shape index (κ1) is 23.4. The highest BCUT2D eigenvalue weighted by Gasteiger charge is 2.12. The van der Waals surface area contributed by atoms with Crippen molar-refractivity contribution in [2.45, 2.75) is 6.42 Å². The van der Waals surface area contributed by atoms with Crippen LogP contribution in [-0.2, 0) is 20.8 Å². The maximum absolute atomic E-state index is 12.2. The third kappa shape index (κ3) is 8.15. The number of anilines is 2. The van der Waals surface area contributed by atoms with Gasteiger partial charge in [0.2, 0.25) is 0 Å². The van der Waals surface area contributed by atoms with Crippen molar-refractivity contribution in [1.29, 1.82) is 0 Å². The zero-order valence-corrected chi connectivity index (χ0v) is 17.4. The molecule has 0 atom stereocenters. The second-order valence-electron chi connectivity index (χ2n) is 6.17. The Kier molecular flexibility index (Phi) is 9.62. The fourth-order valence-corrected chi connectivity index (χ4v) is 2.95. The van der Waals surface area contributed by atoms with Crippen molar-refractivity contribution < 1.29 is 24.8 Å². The van der Waals surface area contributed by atoms with Crippen LogP contribution in [0.15, 0.2) is 42.5 Å². The fourth-order valence-electron chi connectivity index (χ4n) is 2.46. The predicted molar refractivity (Wildman–Crippen MR) is 110 cm³/mol. The molecule has 158 valence electrons. The Morgan fingerprint density at radius 2 is 1.69 bits per heavy atom. The lowest BCUT2D eigenvalue weighted by Crippen LogP contribution is -2.30. The molecule has 2 aromatic carbocycles. The number of halogens is 2. The summed E-state index contributed by atoms with van der Waals surface area (Å²) in [4.78, 5) is 18.5. The number of hydrogen-bond acceptors (Lipinski definition) is 8. The van der Waals surface area contributed by atoms with Crippen molar-refractivity contribution in [1.82, 2.24) is 10.3 Å². The molecule has 0 saturated carbocycles. The highest BCUT2D eigenvalue weighted by atomic mass is 35.5. The number of hydrogen-bond donors (Lipinski definition) is 3. The van der Waals surface area contributed by atoms with Crippen molar-refractivity contribution in [2.24, 2.45) is 0 Å². The monoisotopic (exact) mass is 443 g/mol.